The highest BCUT2D eigenvalue weighted by Gasteiger charge is 2.31. The van der Waals surface area contributed by atoms with Gasteiger partial charge in [-0.3, -0.25) is 0 Å². The normalized spacial score (nSPS) is 14.0. The van der Waals surface area contributed by atoms with E-state index in [0.717, 1.165) is 43.3 Å². The fourth-order valence-electron chi connectivity index (χ4n) is 4.87. The second kappa shape index (κ2) is 12.7. The quantitative estimate of drug-likeness (QED) is 0.321. The van der Waals surface area contributed by atoms with Crippen molar-refractivity contribution in [1.29, 1.82) is 0 Å². The van der Waals surface area contributed by atoms with Crippen LogP contribution in [0.2, 0.25) is 0 Å². The van der Waals surface area contributed by atoms with Crippen LogP contribution in [0.1, 0.15) is 94.5 Å². The summed E-state index contributed by atoms with van der Waals surface area (Å²) in [6.45, 7) is 15.1. The Morgan fingerprint density at radius 1 is 0.914 bits per heavy atom. The van der Waals surface area contributed by atoms with Crippen molar-refractivity contribution in [3.63, 3.8) is 0 Å². The molecule has 2 aromatic rings. The van der Waals surface area contributed by atoms with Gasteiger partial charge in [-0.15, -0.1) is 0 Å². The molecule has 2 aromatic carbocycles. The number of ether oxygens (including phenoxy) is 1. The van der Waals surface area contributed by atoms with Gasteiger partial charge in [0.15, 0.2) is 0 Å². The lowest BCUT2D eigenvalue weighted by Crippen LogP contribution is -2.27. The first kappa shape index (κ1) is 29.1. The minimum absolute atomic E-state index is 0.0963. The number of hydrogen-bond donors (Lipinski definition) is 2. The third-order valence-electron chi connectivity index (χ3n) is 7.57. The molecule has 1 unspecified atom stereocenters. The van der Waals surface area contributed by atoms with E-state index in [1.807, 2.05) is 13.0 Å². The van der Waals surface area contributed by atoms with Gasteiger partial charge in [-0.05, 0) is 85.3 Å². The zero-order chi connectivity index (χ0) is 26.2. The fraction of sp³-hybridized carbons (Fsp3) is 0.581. The highest BCUT2D eigenvalue weighted by atomic mass is 16.5. The van der Waals surface area contributed by atoms with E-state index in [4.69, 9.17) is 4.74 Å². The van der Waals surface area contributed by atoms with Crippen LogP contribution in [0.15, 0.2) is 36.4 Å². The summed E-state index contributed by atoms with van der Waals surface area (Å²) in [5, 5.41) is 20.5. The van der Waals surface area contributed by atoms with Gasteiger partial charge in [0, 0.05) is 11.8 Å². The van der Waals surface area contributed by atoms with Crippen LogP contribution in [0.25, 0.3) is 0 Å². The van der Waals surface area contributed by atoms with Crippen LogP contribution in [-0.2, 0) is 16.6 Å². The van der Waals surface area contributed by atoms with E-state index in [-0.39, 0.29) is 23.5 Å². The van der Waals surface area contributed by atoms with E-state index in [0.29, 0.717) is 12.8 Å². The van der Waals surface area contributed by atoms with Gasteiger partial charge in [0.1, 0.15) is 18.6 Å². The Bertz CT molecular complexity index is 953. The maximum absolute atomic E-state index is 10.5. The number of carbonyl (C=O) groups is 1. The maximum Gasteiger partial charge on any atom is 0.122 e. The fourth-order valence-corrected chi connectivity index (χ4v) is 4.87. The molecule has 0 fully saturated rings. The molecule has 0 saturated carbocycles. The molecule has 2 atom stereocenters. The zero-order valence-corrected chi connectivity index (χ0v) is 22.9. The van der Waals surface area contributed by atoms with Gasteiger partial charge in [-0.2, -0.15) is 0 Å². The van der Waals surface area contributed by atoms with E-state index >= 15 is 0 Å². The lowest BCUT2D eigenvalue weighted by molar-refractivity contribution is -0.108. The van der Waals surface area contributed by atoms with Gasteiger partial charge < -0.3 is 19.7 Å². The van der Waals surface area contributed by atoms with Gasteiger partial charge in [0.2, 0.25) is 0 Å². The first-order valence-corrected chi connectivity index (χ1v) is 13.1. The largest absolute Gasteiger partial charge is 0.491 e. The molecule has 0 saturated heterocycles. The minimum Gasteiger partial charge on any atom is -0.491 e. The average Bonchev–Trinajstić information content (AvgIpc) is 2.82. The first-order chi connectivity index (χ1) is 16.5. The minimum atomic E-state index is -0.643. The molecule has 4 nitrogen and oxygen atoms in total. The summed E-state index contributed by atoms with van der Waals surface area (Å²) >= 11 is 0. The molecule has 0 aliphatic rings. The maximum atomic E-state index is 10.5. The van der Waals surface area contributed by atoms with Crippen LogP contribution in [0.3, 0.4) is 0 Å². The number of aryl methyl sites for hydroxylation is 3. The van der Waals surface area contributed by atoms with Gasteiger partial charge >= 0.3 is 0 Å². The molecule has 2 N–H and O–H groups in total. The number of rotatable bonds is 13. The molecule has 0 radical (unpaired) electrons. The standard InChI is InChI=1S/C31H46O4/c1-8-31(9-2,25-14-12-24(22(3)19-25)13-17-29(34)30(5,6)7)26-15-16-28(23(4)20-26)35-21-27(33)11-10-18-32/h12,14-16,18-20,27,29,33-34H,8-11,13,17,21H2,1-7H3/t27-,29?/m0/s1. The van der Waals surface area contributed by atoms with E-state index in [1.165, 1.54) is 22.3 Å². The summed E-state index contributed by atoms with van der Waals surface area (Å²) in [6, 6.07) is 13.2. The van der Waals surface area contributed by atoms with E-state index < -0.39 is 6.10 Å². The molecule has 4 heteroatoms. The number of carbonyl (C=O) groups excluding carboxylic acids is 1. The van der Waals surface area contributed by atoms with Gasteiger partial charge in [-0.1, -0.05) is 65.0 Å². The van der Waals surface area contributed by atoms with Crippen molar-refractivity contribution >= 4 is 6.29 Å². The number of benzene rings is 2. The molecule has 0 aliphatic carbocycles. The summed E-state index contributed by atoms with van der Waals surface area (Å²) < 4.78 is 5.85. The van der Waals surface area contributed by atoms with Crippen molar-refractivity contribution in [2.45, 2.75) is 105 Å². The summed E-state index contributed by atoms with van der Waals surface area (Å²) in [4.78, 5) is 10.5. The number of aliphatic hydroxyl groups is 2. The van der Waals surface area contributed by atoms with Crippen LogP contribution in [0.4, 0.5) is 0 Å². The van der Waals surface area contributed by atoms with Crippen molar-refractivity contribution in [2.75, 3.05) is 6.61 Å². The highest BCUT2D eigenvalue weighted by Crippen LogP contribution is 2.41. The van der Waals surface area contributed by atoms with Crippen LogP contribution in [0.5, 0.6) is 5.75 Å². The molecule has 194 valence electrons. The molecule has 0 bridgehead atoms. The van der Waals surface area contributed by atoms with Crippen molar-refractivity contribution in [2.24, 2.45) is 5.41 Å². The number of aliphatic hydroxyl groups excluding tert-OH is 2. The molecule has 2 rings (SSSR count). The number of hydrogen-bond acceptors (Lipinski definition) is 4. The number of aldehydes is 1. The van der Waals surface area contributed by atoms with Gasteiger partial charge in [0.05, 0.1) is 12.2 Å². The monoisotopic (exact) mass is 482 g/mol. The van der Waals surface area contributed by atoms with Gasteiger partial charge in [-0.25, -0.2) is 0 Å². The van der Waals surface area contributed by atoms with Crippen LogP contribution < -0.4 is 4.74 Å². The Balaban J connectivity index is 2.26. The molecular formula is C31H46O4. The third kappa shape index (κ3) is 7.41. The first-order valence-electron chi connectivity index (χ1n) is 13.1. The summed E-state index contributed by atoms with van der Waals surface area (Å²) in [6.07, 6.45) is 4.22. The molecule has 35 heavy (non-hydrogen) atoms. The Morgan fingerprint density at radius 3 is 2.03 bits per heavy atom. The Kier molecular flexibility index (Phi) is 10.5. The van der Waals surface area contributed by atoms with Crippen LogP contribution in [-0.4, -0.2) is 35.3 Å². The highest BCUT2D eigenvalue weighted by molar-refractivity contribution is 5.49. The van der Waals surface area contributed by atoms with Crippen LogP contribution in [0, 0.1) is 19.3 Å². The molecule has 0 aliphatic heterocycles. The topological polar surface area (TPSA) is 66.8 Å². The molecule has 0 amide bonds. The second-order valence-corrected chi connectivity index (χ2v) is 11.0. The van der Waals surface area contributed by atoms with Crippen molar-refractivity contribution in [1.82, 2.24) is 0 Å². The average molecular weight is 483 g/mol. The van der Waals surface area contributed by atoms with Crippen molar-refractivity contribution < 1.29 is 19.7 Å². The Hall–Kier alpha value is -2.17. The third-order valence-corrected chi connectivity index (χ3v) is 7.57. The second-order valence-electron chi connectivity index (χ2n) is 11.0. The zero-order valence-electron chi connectivity index (χ0n) is 22.9. The molecule has 0 aromatic heterocycles. The smallest absolute Gasteiger partial charge is 0.122 e. The van der Waals surface area contributed by atoms with E-state index in [2.05, 4.69) is 71.9 Å². The van der Waals surface area contributed by atoms with Gasteiger partial charge in [0.25, 0.3) is 0 Å². The molecular weight excluding hydrogens is 436 g/mol. The summed E-state index contributed by atoms with van der Waals surface area (Å²) in [7, 11) is 0. The predicted molar refractivity (Wildman–Crippen MR) is 144 cm³/mol. The van der Waals surface area contributed by atoms with E-state index in [1.54, 1.807) is 0 Å². The van der Waals surface area contributed by atoms with Crippen molar-refractivity contribution in [3.05, 3.63) is 64.2 Å². The van der Waals surface area contributed by atoms with E-state index in [9.17, 15) is 15.0 Å². The lowest BCUT2D eigenvalue weighted by Gasteiger charge is -2.34. The molecule has 0 heterocycles. The molecule has 0 spiro atoms. The summed E-state index contributed by atoms with van der Waals surface area (Å²) in [5.41, 5.74) is 6.00. The Labute approximate surface area is 212 Å². The SMILES string of the molecule is CCC(CC)(c1ccc(CCC(O)C(C)(C)C)c(C)c1)c1ccc(OC[C@@H](O)CCC=O)c(C)c1. The predicted octanol–water partition coefficient (Wildman–Crippen LogP) is 6.47. The Morgan fingerprint density at radius 2 is 1.51 bits per heavy atom. The van der Waals surface area contributed by atoms with Crippen LogP contribution >= 0.6 is 0 Å². The van der Waals surface area contributed by atoms with Crippen molar-refractivity contribution in [3.8, 4) is 5.75 Å². The lowest BCUT2D eigenvalue weighted by atomic mass is 9.69. The summed E-state index contributed by atoms with van der Waals surface area (Å²) in [5.74, 6) is 0.768.